The molecule has 0 aromatic heterocycles. The van der Waals surface area contributed by atoms with Gasteiger partial charge in [0.1, 0.15) is 0 Å². The first-order valence-electron chi connectivity index (χ1n) is 6.08. The Labute approximate surface area is 102 Å². The largest absolute Gasteiger partial charge is 0.481 e. The van der Waals surface area contributed by atoms with Crippen molar-refractivity contribution in [2.75, 3.05) is 0 Å². The summed E-state index contributed by atoms with van der Waals surface area (Å²) in [5, 5.41) is 8.98. The predicted molar refractivity (Wildman–Crippen MR) is 63.5 cm³/mol. The fraction of sp³-hybridized carbons (Fsp3) is 0.917. The van der Waals surface area contributed by atoms with Crippen LogP contribution in [0.3, 0.4) is 0 Å². The van der Waals surface area contributed by atoms with Crippen LogP contribution in [-0.4, -0.2) is 16.6 Å². The first-order valence-corrected chi connectivity index (χ1v) is 6.08. The fourth-order valence-corrected chi connectivity index (χ4v) is 4.61. The van der Waals surface area contributed by atoms with Gasteiger partial charge in [-0.1, -0.05) is 0 Å². The van der Waals surface area contributed by atoms with E-state index >= 15 is 0 Å². The van der Waals surface area contributed by atoms with E-state index in [9.17, 15) is 4.79 Å². The molecular formula is C12H20ClNO2. The van der Waals surface area contributed by atoms with Gasteiger partial charge >= 0.3 is 5.97 Å². The summed E-state index contributed by atoms with van der Waals surface area (Å²) in [6.07, 6.45) is 6.33. The Bertz CT molecular complexity index is 277. The topological polar surface area (TPSA) is 63.3 Å². The fourth-order valence-electron chi connectivity index (χ4n) is 4.61. The molecule has 0 radical (unpaired) electrons. The summed E-state index contributed by atoms with van der Waals surface area (Å²) in [5.41, 5.74) is 6.04. The van der Waals surface area contributed by atoms with Gasteiger partial charge < -0.3 is 10.8 Å². The molecule has 0 atom stereocenters. The molecule has 0 unspecified atom stereocenters. The van der Waals surface area contributed by atoms with Crippen LogP contribution in [0.2, 0.25) is 0 Å². The van der Waals surface area contributed by atoms with Crippen LogP contribution in [0, 0.1) is 23.7 Å². The minimum atomic E-state index is -0.718. The van der Waals surface area contributed by atoms with E-state index < -0.39 is 5.97 Å². The lowest BCUT2D eigenvalue weighted by Gasteiger charge is -2.59. The molecule has 0 aliphatic heterocycles. The molecule has 0 spiro atoms. The molecular weight excluding hydrogens is 226 g/mol. The standard InChI is InChI=1S/C12H19NO2.ClH/c13-12(6-11(14)15)9-2-7-1-8(4-9)5-10(12)3-7;/h7-10H,1-6,13H2,(H,14,15);1H. The highest BCUT2D eigenvalue weighted by Crippen LogP contribution is 2.58. The van der Waals surface area contributed by atoms with Crippen molar-refractivity contribution in [3.8, 4) is 0 Å². The summed E-state index contributed by atoms with van der Waals surface area (Å²) in [6, 6.07) is 0. The van der Waals surface area contributed by atoms with E-state index in [4.69, 9.17) is 10.8 Å². The lowest BCUT2D eigenvalue weighted by molar-refractivity contribution is -0.143. The van der Waals surface area contributed by atoms with Crippen molar-refractivity contribution in [2.24, 2.45) is 29.4 Å². The van der Waals surface area contributed by atoms with Crippen molar-refractivity contribution in [2.45, 2.75) is 44.1 Å². The van der Waals surface area contributed by atoms with E-state index in [1.807, 2.05) is 0 Å². The zero-order valence-electron chi connectivity index (χ0n) is 9.39. The van der Waals surface area contributed by atoms with Crippen molar-refractivity contribution in [3.05, 3.63) is 0 Å². The normalized spacial score (nSPS) is 48.8. The maximum Gasteiger partial charge on any atom is 0.305 e. The Morgan fingerprint density at radius 1 is 1.12 bits per heavy atom. The summed E-state index contributed by atoms with van der Waals surface area (Å²) in [4.78, 5) is 10.9. The molecule has 4 bridgehead atoms. The minimum absolute atomic E-state index is 0. The third-order valence-electron chi connectivity index (χ3n) is 5.12. The third-order valence-corrected chi connectivity index (χ3v) is 5.12. The van der Waals surface area contributed by atoms with E-state index in [1.165, 1.54) is 32.1 Å². The highest BCUT2D eigenvalue weighted by molar-refractivity contribution is 5.85. The number of hydrogen-bond donors (Lipinski definition) is 2. The number of carboxylic acid groups (broad SMARTS) is 1. The second-order valence-corrected chi connectivity index (χ2v) is 5.99. The molecule has 4 heteroatoms. The third kappa shape index (κ3) is 1.65. The summed E-state index contributed by atoms with van der Waals surface area (Å²) in [7, 11) is 0. The molecule has 0 aromatic carbocycles. The Kier molecular flexibility index (Phi) is 2.96. The summed E-state index contributed by atoms with van der Waals surface area (Å²) in [6.45, 7) is 0. The van der Waals surface area contributed by atoms with Crippen LogP contribution in [0.4, 0.5) is 0 Å². The van der Waals surface area contributed by atoms with E-state index in [1.54, 1.807) is 0 Å². The lowest BCUT2D eigenvalue weighted by atomic mass is 9.48. The van der Waals surface area contributed by atoms with Crippen LogP contribution in [-0.2, 0) is 4.79 Å². The first-order chi connectivity index (χ1) is 7.08. The van der Waals surface area contributed by atoms with Gasteiger partial charge in [-0.3, -0.25) is 4.79 Å². The van der Waals surface area contributed by atoms with Gasteiger partial charge in [0.25, 0.3) is 0 Å². The van der Waals surface area contributed by atoms with Crippen LogP contribution < -0.4 is 5.73 Å². The number of hydrogen-bond acceptors (Lipinski definition) is 2. The SMILES string of the molecule is Cl.NC1(CC(=O)O)C2CC3CC(C2)CC1C3. The number of rotatable bonds is 2. The van der Waals surface area contributed by atoms with Crippen LogP contribution in [0.25, 0.3) is 0 Å². The van der Waals surface area contributed by atoms with Crippen LogP contribution in [0.1, 0.15) is 38.5 Å². The van der Waals surface area contributed by atoms with Crippen molar-refractivity contribution in [1.29, 1.82) is 0 Å². The van der Waals surface area contributed by atoms with Gasteiger partial charge in [-0.25, -0.2) is 0 Å². The molecule has 0 heterocycles. The molecule has 92 valence electrons. The molecule has 0 saturated heterocycles. The minimum Gasteiger partial charge on any atom is -0.481 e. The smallest absolute Gasteiger partial charge is 0.305 e. The molecule has 4 aliphatic rings. The van der Waals surface area contributed by atoms with E-state index in [0.717, 1.165) is 11.8 Å². The zero-order valence-corrected chi connectivity index (χ0v) is 10.2. The molecule has 4 aliphatic carbocycles. The molecule has 3 nitrogen and oxygen atoms in total. The average Bonchev–Trinajstić information content (AvgIpc) is 2.12. The Morgan fingerprint density at radius 2 is 1.56 bits per heavy atom. The Balaban J connectivity index is 0.000000963. The monoisotopic (exact) mass is 245 g/mol. The molecule has 0 amide bonds. The Hall–Kier alpha value is -0.280. The number of nitrogens with two attached hydrogens (primary N) is 1. The van der Waals surface area contributed by atoms with Crippen molar-refractivity contribution in [3.63, 3.8) is 0 Å². The summed E-state index contributed by atoms with van der Waals surface area (Å²) in [5.74, 6) is 1.98. The van der Waals surface area contributed by atoms with Gasteiger partial charge in [-0.05, 0) is 55.8 Å². The zero-order chi connectivity index (χ0) is 10.6. The van der Waals surface area contributed by atoms with Crippen molar-refractivity contribution >= 4 is 18.4 Å². The van der Waals surface area contributed by atoms with Crippen molar-refractivity contribution < 1.29 is 9.90 Å². The second kappa shape index (κ2) is 3.88. The maximum atomic E-state index is 10.9. The van der Waals surface area contributed by atoms with E-state index in [2.05, 4.69) is 0 Å². The molecule has 4 rings (SSSR count). The van der Waals surface area contributed by atoms with Gasteiger partial charge in [0.15, 0.2) is 0 Å². The van der Waals surface area contributed by atoms with Crippen LogP contribution in [0.5, 0.6) is 0 Å². The second-order valence-electron chi connectivity index (χ2n) is 5.99. The molecule has 4 fully saturated rings. The number of aliphatic carboxylic acids is 1. The lowest BCUT2D eigenvalue weighted by Crippen LogP contribution is -2.63. The van der Waals surface area contributed by atoms with Gasteiger partial charge in [0, 0.05) is 5.54 Å². The van der Waals surface area contributed by atoms with E-state index in [0.29, 0.717) is 11.8 Å². The first kappa shape index (κ1) is 12.2. The van der Waals surface area contributed by atoms with Crippen molar-refractivity contribution in [1.82, 2.24) is 0 Å². The van der Waals surface area contributed by atoms with Gasteiger partial charge in [-0.15, -0.1) is 12.4 Å². The van der Waals surface area contributed by atoms with Crippen LogP contribution >= 0.6 is 12.4 Å². The quantitative estimate of drug-likeness (QED) is 0.783. The van der Waals surface area contributed by atoms with Gasteiger partial charge in [0.2, 0.25) is 0 Å². The molecule has 16 heavy (non-hydrogen) atoms. The van der Waals surface area contributed by atoms with Gasteiger partial charge in [-0.2, -0.15) is 0 Å². The number of carboxylic acids is 1. The number of halogens is 1. The van der Waals surface area contributed by atoms with E-state index in [-0.39, 0.29) is 24.4 Å². The molecule has 3 N–H and O–H groups in total. The highest BCUT2D eigenvalue weighted by atomic mass is 35.5. The average molecular weight is 246 g/mol. The molecule has 4 saturated carbocycles. The van der Waals surface area contributed by atoms with Crippen LogP contribution in [0.15, 0.2) is 0 Å². The molecule has 0 aromatic rings. The number of carbonyl (C=O) groups is 1. The summed E-state index contributed by atoms with van der Waals surface area (Å²) < 4.78 is 0. The summed E-state index contributed by atoms with van der Waals surface area (Å²) >= 11 is 0. The Morgan fingerprint density at radius 3 is 1.94 bits per heavy atom. The highest BCUT2D eigenvalue weighted by Gasteiger charge is 2.55. The van der Waals surface area contributed by atoms with Gasteiger partial charge in [0.05, 0.1) is 6.42 Å². The maximum absolute atomic E-state index is 10.9. The predicted octanol–water partition coefficient (Wildman–Crippen LogP) is 2.04.